The number of aromatic hydroxyl groups is 1. The van der Waals surface area contributed by atoms with Gasteiger partial charge in [-0.25, -0.2) is 0 Å². The smallest absolute Gasteiger partial charge is 0.253 e. The van der Waals surface area contributed by atoms with Gasteiger partial charge in [0, 0.05) is 31.4 Å². The molecule has 0 radical (unpaired) electrons. The van der Waals surface area contributed by atoms with Gasteiger partial charge in [-0.15, -0.1) is 0 Å². The highest BCUT2D eigenvalue weighted by atomic mass is 16.3. The van der Waals surface area contributed by atoms with Crippen LogP contribution < -0.4 is 21.5 Å². The van der Waals surface area contributed by atoms with Crippen LogP contribution in [0.5, 0.6) is 5.75 Å². The van der Waals surface area contributed by atoms with Crippen molar-refractivity contribution in [3.8, 4) is 5.75 Å². The van der Waals surface area contributed by atoms with E-state index in [-0.39, 0.29) is 28.7 Å². The molecule has 3 N–H and O–H groups in total. The number of amides is 1. The molecule has 0 spiro atoms. The van der Waals surface area contributed by atoms with E-state index in [9.17, 15) is 19.5 Å². The molecule has 1 amide bonds. The average Bonchev–Trinajstić information content (AvgIpc) is 2.75. The summed E-state index contributed by atoms with van der Waals surface area (Å²) < 4.78 is 0. The Kier molecular flexibility index (Phi) is 6.17. The van der Waals surface area contributed by atoms with Crippen molar-refractivity contribution in [3.05, 3.63) is 74.5 Å². The number of likely N-dealkylation sites (N-methyl/N-ethyl adjacent to an activating group) is 2. The van der Waals surface area contributed by atoms with Crippen LogP contribution in [0.3, 0.4) is 0 Å². The van der Waals surface area contributed by atoms with Gasteiger partial charge in [-0.05, 0) is 44.4 Å². The molecule has 0 heterocycles. The van der Waals surface area contributed by atoms with Crippen LogP contribution in [0, 0.1) is 0 Å². The van der Waals surface area contributed by atoms with Crippen LogP contribution in [-0.4, -0.2) is 55.0 Å². The Morgan fingerprint density at radius 2 is 1.53 bits per heavy atom. The fourth-order valence-corrected chi connectivity index (χ4v) is 2.87. The van der Waals surface area contributed by atoms with Gasteiger partial charge in [-0.2, -0.15) is 0 Å². The number of phenolic OH excluding ortho intramolecular Hbond substituents is 1. The second-order valence-electron chi connectivity index (χ2n) is 7.29. The van der Waals surface area contributed by atoms with E-state index in [4.69, 9.17) is 0 Å². The first kappa shape index (κ1) is 21.1. The lowest BCUT2D eigenvalue weighted by molar-refractivity contribution is 0.0786. The average molecular weight is 408 g/mol. The number of hydrogen-bond donors (Lipinski definition) is 3. The van der Waals surface area contributed by atoms with Crippen molar-refractivity contribution < 1.29 is 9.90 Å². The summed E-state index contributed by atoms with van der Waals surface area (Å²) in [6.45, 7) is 1.26. The highest BCUT2D eigenvalue weighted by molar-refractivity contribution is 5.95. The maximum Gasteiger partial charge on any atom is 0.253 e. The second kappa shape index (κ2) is 8.79. The maximum atomic E-state index is 12.5. The molecular formula is C22H24N4O4. The molecule has 0 aliphatic rings. The third-order valence-electron chi connectivity index (χ3n) is 4.69. The first-order valence-corrected chi connectivity index (χ1v) is 9.43. The third kappa shape index (κ3) is 4.49. The van der Waals surface area contributed by atoms with Gasteiger partial charge in [0.1, 0.15) is 17.1 Å². The number of anilines is 4. The van der Waals surface area contributed by atoms with Crippen molar-refractivity contribution in [1.29, 1.82) is 0 Å². The molecule has 0 saturated carbocycles. The Balaban J connectivity index is 1.76. The van der Waals surface area contributed by atoms with Crippen molar-refractivity contribution >= 4 is 28.7 Å². The van der Waals surface area contributed by atoms with Gasteiger partial charge in [0.15, 0.2) is 0 Å². The molecule has 3 aromatic rings. The fourth-order valence-electron chi connectivity index (χ4n) is 2.87. The molecule has 0 aliphatic carbocycles. The van der Waals surface area contributed by atoms with Gasteiger partial charge in [0.2, 0.25) is 0 Å². The normalized spacial score (nSPS) is 10.9. The molecular weight excluding hydrogens is 384 g/mol. The zero-order chi connectivity index (χ0) is 21.8. The van der Waals surface area contributed by atoms with Gasteiger partial charge < -0.3 is 25.5 Å². The Labute approximate surface area is 174 Å². The Morgan fingerprint density at radius 1 is 0.900 bits per heavy atom. The van der Waals surface area contributed by atoms with Crippen molar-refractivity contribution in [1.82, 2.24) is 9.80 Å². The summed E-state index contributed by atoms with van der Waals surface area (Å²) in [5.41, 5.74) is 0.123. The van der Waals surface area contributed by atoms with Gasteiger partial charge in [-0.1, -0.05) is 18.2 Å². The quantitative estimate of drug-likeness (QED) is 0.388. The molecule has 0 unspecified atom stereocenters. The molecule has 3 rings (SSSR count). The molecule has 0 fully saturated rings. The van der Waals surface area contributed by atoms with E-state index in [0.29, 0.717) is 17.8 Å². The summed E-state index contributed by atoms with van der Waals surface area (Å²) in [6, 6.07) is 13.4. The van der Waals surface area contributed by atoms with Crippen LogP contribution in [0.15, 0.2) is 58.1 Å². The van der Waals surface area contributed by atoms with Gasteiger partial charge in [0.25, 0.3) is 16.8 Å². The van der Waals surface area contributed by atoms with Gasteiger partial charge in [0.05, 0.1) is 5.69 Å². The van der Waals surface area contributed by atoms with E-state index in [1.54, 1.807) is 42.3 Å². The summed E-state index contributed by atoms with van der Waals surface area (Å²) >= 11 is 0. The largest absolute Gasteiger partial charge is 0.506 e. The Morgan fingerprint density at radius 3 is 2.13 bits per heavy atom. The van der Waals surface area contributed by atoms with Crippen LogP contribution in [0.1, 0.15) is 10.4 Å². The van der Waals surface area contributed by atoms with Gasteiger partial charge in [-0.3, -0.25) is 14.4 Å². The predicted octanol–water partition coefficient (Wildman–Crippen LogP) is 2.11. The second-order valence-corrected chi connectivity index (χ2v) is 7.29. The number of nitrogens with zero attached hydrogens (tertiary/aromatic N) is 2. The SMILES string of the molecule is CN(C)CCN(C)C(=O)c1ccc(Nc2c(Nc3ccccc3)c(=O)c2=O)c(O)c1. The summed E-state index contributed by atoms with van der Waals surface area (Å²) in [4.78, 5) is 40.0. The summed E-state index contributed by atoms with van der Waals surface area (Å²) in [6.07, 6.45) is 0. The standard InChI is InChI=1S/C22H24N4O4/c1-25(2)11-12-26(3)22(30)14-9-10-16(17(27)13-14)24-19-18(20(28)21(19)29)23-15-7-5-4-6-8-15/h4-10,13,23-24,27H,11-12H2,1-3H3. The zero-order valence-corrected chi connectivity index (χ0v) is 17.1. The molecule has 0 aromatic heterocycles. The number of carbonyl (C=O) groups is 1. The van der Waals surface area contributed by atoms with Crippen LogP contribution in [0.25, 0.3) is 0 Å². The Hall–Kier alpha value is -3.65. The summed E-state index contributed by atoms with van der Waals surface area (Å²) in [5.74, 6) is -0.417. The third-order valence-corrected chi connectivity index (χ3v) is 4.69. The fraction of sp³-hybridized carbons (Fsp3) is 0.227. The minimum Gasteiger partial charge on any atom is -0.506 e. The minimum absolute atomic E-state index is 0.0707. The number of para-hydroxylation sites is 1. The first-order chi connectivity index (χ1) is 14.3. The number of phenols is 1. The number of hydrogen-bond acceptors (Lipinski definition) is 7. The van der Waals surface area contributed by atoms with Gasteiger partial charge >= 0.3 is 0 Å². The van der Waals surface area contributed by atoms with Crippen LogP contribution in [0.4, 0.5) is 22.7 Å². The van der Waals surface area contributed by atoms with E-state index in [0.717, 1.165) is 6.54 Å². The topological polar surface area (TPSA) is 102 Å². The molecule has 8 heteroatoms. The van der Waals surface area contributed by atoms with Crippen molar-refractivity contribution in [2.24, 2.45) is 0 Å². The number of nitrogens with one attached hydrogen (secondary N) is 2. The minimum atomic E-state index is -0.670. The molecule has 0 bridgehead atoms. The molecule has 3 aromatic carbocycles. The molecule has 0 atom stereocenters. The lowest BCUT2D eigenvalue weighted by Gasteiger charge is -2.20. The lowest BCUT2D eigenvalue weighted by atomic mass is 10.1. The van der Waals surface area contributed by atoms with E-state index in [1.165, 1.54) is 12.1 Å². The van der Waals surface area contributed by atoms with E-state index >= 15 is 0 Å². The van der Waals surface area contributed by atoms with E-state index in [2.05, 4.69) is 10.6 Å². The van der Waals surface area contributed by atoms with Crippen molar-refractivity contribution in [2.45, 2.75) is 0 Å². The van der Waals surface area contributed by atoms with Crippen LogP contribution in [0.2, 0.25) is 0 Å². The number of rotatable bonds is 8. The van der Waals surface area contributed by atoms with E-state index in [1.807, 2.05) is 25.1 Å². The predicted molar refractivity (Wildman–Crippen MR) is 118 cm³/mol. The maximum absolute atomic E-state index is 12.5. The number of carbonyl (C=O) groups excluding carboxylic acids is 1. The van der Waals surface area contributed by atoms with Crippen molar-refractivity contribution in [3.63, 3.8) is 0 Å². The molecule has 30 heavy (non-hydrogen) atoms. The molecule has 0 saturated heterocycles. The lowest BCUT2D eigenvalue weighted by Crippen LogP contribution is -2.35. The van der Waals surface area contributed by atoms with Crippen molar-refractivity contribution in [2.75, 3.05) is 44.9 Å². The highest BCUT2D eigenvalue weighted by Gasteiger charge is 2.22. The Bertz CT molecular complexity index is 1120. The summed E-state index contributed by atoms with van der Waals surface area (Å²) in [7, 11) is 5.54. The van der Waals surface area contributed by atoms with E-state index < -0.39 is 10.9 Å². The monoisotopic (exact) mass is 408 g/mol. The molecule has 0 aliphatic heterocycles. The molecule has 156 valence electrons. The highest BCUT2D eigenvalue weighted by Crippen LogP contribution is 2.30. The van der Waals surface area contributed by atoms with Crippen LogP contribution in [-0.2, 0) is 0 Å². The summed E-state index contributed by atoms with van der Waals surface area (Å²) in [5, 5.41) is 16.1. The zero-order valence-electron chi connectivity index (χ0n) is 17.1. The molecule has 8 nitrogen and oxygen atoms in total. The number of benzene rings is 2. The first-order valence-electron chi connectivity index (χ1n) is 9.43. The van der Waals surface area contributed by atoms with Crippen LogP contribution >= 0.6 is 0 Å².